The molecule has 1 spiro atoms. The van der Waals surface area contributed by atoms with Crippen molar-refractivity contribution in [2.45, 2.75) is 5.41 Å². The summed E-state index contributed by atoms with van der Waals surface area (Å²) in [4.78, 5) is 2.49. The molecule has 0 radical (unpaired) electrons. The fourth-order valence-electron chi connectivity index (χ4n) is 13.3. The molecule has 1 aliphatic carbocycles. The molecule has 2 aliphatic rings. The number of rotatable bonds is 7. The molecule has 3 heterocycles. The fraction of sp³-hybridized carbons (Fsp3) is 0.0137. The molecule has 3 heteroatoms. The minimum atomic E-state index is -0.591. The van der Waals surface area contributed by atoms with Crippen molar-refractivity contribution in [2.75, 3.05) is 4.90 Å². The van der Waals surface area contributed by atoms with Crippen molar-refractivity contribution in [1.82, 2.24) is 9.13 Å². The third-order valence-electron chi connectivity index (χ3n) is 16.5. The molecule has 1 aliphatic heterocycles. The van der Waals surface area contributed by atoms with E-state index in [1.54, 1.807) is 0 Å². The lowest BCUT2D eigenvalue weighted by Crippen LogP contribution is -2.33. The molecule has 76 heavy (non-hydrogen) atoms. The highest BCUT2D eigenvalue weighted by atomic mass is 15.1. The molecule has 2 aromatic heterocycles. The molecule has 1 atom stereocenters. The monoisotopic (exact) mass is 965 g/mol. The van der Waals surface area contributed by atoms with Gasteiger partial charge in [-0.3, -0.25) is 0 Å². The molecular formula is C73H47N3. The number of anilines is 3. The van der Waals surface area contributed by atoms with Gasteiger partial charge in [-0.15, -0.1) is 0 Å². The second-order valence-electron chi connectivity index (χ2n) is 20.4. The van der Waals surface area contributed by atoms with E-state index in [1.807, 2.05) is 0 Å². The summed E-state index contributed by atoms with van der Waals surface area (Å²) < 4.78 is 4.92. The molecule has 0 bridgehead atoms. The number of benzene rings is 12. The van der Waals surface area contributed by atoms with Gasteiger partial charge in [0.2, 0.25) is 0 Å². The lowest BCUT2D eigenvalue weighted by Gasteiger charge is -2.40. The van der Waals surface area contributed by atoms with Gasteiger partial charge in [0.25, 0.3) is 0 Å². The molecule has 0 fully saturated rings. The van der Waals surface area contributed by atoms with Crippen LogP contribution in [0.2, 0.25) is 0 Å². The van der Waals surface area contributed by atoms with Crippen LogP contribution in [0.1, 0.15) is 22.3 Å². The first-order valence-electron chi connectivity index (χ1n) is 26.3. The average molecular weight is 966 g/mol. The zero-order valence-electron chi connectivity index (χ0n) is 41.5. The maximum atomic E-state index is 2.52. The highest BCUT2D eigenvalue weighted by molar-refractivity contribution is 6.13. The first-order valence-corrected chi connectivity index (χ1v) is 26.3. The van der Waals surface area contributed by atoms with Crippen molar-refractivity contribution in [2.24, 2.45) is 0 Å². The van der Waals surface area contributed by atoms with Crippen LogP contribution in [0.15, 0.2) is 285 Å². The Bertz CT molecular complexity index is 4580. The summed E-state index contributed by atoms with van der Waals surface area (Å²) in [5.41, 5.74) is 24.7. The normalized spacial score (nSPS) is 14.1. The minimum absolute atomic E-state index is 0.591. The van der Waals surface area contributed by atoms with Gasteiger partial charge in [-0.2, -0.15) is 0 Å². The molecule has 0 saturated carbocycles. The van der Waals surface area contributed by atoms with Gasteiger partial charge in [0, 0.05) is 44.2 Å². The van der Waals surface area contributed by atoms with Gasteiger partial charge in [0.05, 0.1) is 38.9 Å². The van der Waals surface area contributed by atoms with E-state index >= 15 is 0 Å². The molecule has 0 N–H and O–H groups in total. The Morgan fingerprint density at radius 3 is 1.54 bits per heavy atom. The summed E-state index contributed by atoms with van der Waals surface area (Å²) in [6, 6.07) is 106. The van der Waals surface area contributed by atoms with Crippen molar-refractivity contribution in [3.63, 3.8) is 0 Å². The largest absolute Gasteiger partial charge is 0.310 e. The van der Waals surface area contributed by atoms with Crippen LogP contribution in [-0.2, 0) is 5.41 Å². The maximum Gasteiger partial charge on any atom is 0.0755 e. The SMILES string of the molecule is c1ccc(-c2ccc(-c3ccccc3N(c3ccc(-c4cccc(-n5c6ccccc6c6ccccc65)c4)cc3)c3ccc4c(c3)C3(c5ccccc5-4)c4ccccc4-n4c5ccccc5c5cccc3c54)cc2)cc1. The lowest BCUT2D eigenvalue weighted by atomic mass is 9.65. The minimum Gasteiger partial charge on any atom is -0.310 e. The van der Waals surface area contributed by atoms with Crippen molar-refractivity contribution in [1.29, 1.82) is 0 Å². The molecule has 0 saturated heterocycles. The number of aromatic nitrogens is 2. The Labute approximate surface area is 441 Å². The van der Waals surface area contributed by atoms with Crippen LogP contribution in [0.25, 0.3) is 99.5 Å². The summed E-state index contributed by atoms with van der Waals surface area (Å²) in [5, 5.41) is 5.07. The van der Waals surface area contributed by atoms with Crippen molar-refractivity contribution >= 4 is 60.7 Å². The van der Waals surface area contributed by atoms with Crippen molar-refractivity contribution < 1.29 is 0 Å². The first-order chi connectivity index (χ1) is 37.7. The zero-order valence-corrected chi connectivity index (χ0v) is 41.5. The van der Waals surface area contributed by atoms with Crippen molar-refractivity contribution in [3.8, 4) is 55.9 Å². The van der Waals surface area contributed by atoms with Crippen LogP contribution in [0, 0.1) is 0 Å². The summed E-state index contributed by atoms with van der Waals surface area (Å²) in [7, 11) is 0. The Morgan fingerprint density at radius 1 is 0.276 bits per heavy atom. The highest BCUT2D eigenvalue weighted by Gasteiger charge is 2.51. The zero-order chi connectivity index (χ0) is 49.9. The maximum absolute atomic E-state index is 2.52. The van der Waals surface area contributed by atoms with Crippen LogP contribution in [0.3, 0.4) is 0 Å². The molecule has 0 amide bonds. The molecule has 354 valence electrons. The van der Waals surface area contributed by atoms with Crippen LogP contribution < -0.4 is 4.90 Å². The van der Waals surface area contributed by atoms with Gasteiger partial charge in [0.15, 0.2) is 0 Å². The van der Waals surface area contributed by atoms with Gasteiger partial charge < -0.3 is 14.0 Å². The van der Waals surface area contributed by atoms with E-state index in [0.717, 1.165) is 45.0 Å². The van der Waals surface area contributed by atoms with Gasteiger partial charge in [-0.05, 0) is 128 Å². The smallest absolute Gasteiger partial charge is 0.0755 e. The van der Waals surface area contributed by atoms with E-state index in [-0.39, 0.29) is 0 Å². The summed E-state index contributed by atoms with van der Waals surface area (Å²) in [6.07, 6.45) is 0. The van der Waals surface area contributed by atoms with E-state index in [4.69, 9.17) is 0 Å². The number of fused-ring (bicyclic) bond motifs is 15. The first kappa shape index (κ1) is 42.5. The Balaban J connectivity index is 0.898. The molecule has 1 unspecified atom stereocenters. The average Bonchev–Trinajstić information content (AvgIpc) is 4.29. The van der Waals surface area contributed by atoms with E-state index in [1.165, 1.54) is 93.8 Å². The summed E-state index contributed by atoms with van der Waals surface area (Å²) >= 11 is 0. The molecular weight excluding hydrogens is 919 g/mol. The second kappa shape index (κ2) is 16.5. The predicted molar refractivity (Wildman–Crippen MR) is 317 cm³/mol. The predicted octanol–water partition coefficient (Wildman–Crippen LogP) is 19.0. The van der Waals surface area contributed by atoms with E-state index in [0.29, 0.717) is 0 Å². The number of hydrogen-bond acceptors (Lipinski definition) is 1. The van der Waals surface area contributed by atoms with Crippen LogP contribution in [-0.4, -0.2) is 9.13 Å². The molecule has 3 nitrogen and oxygen atoms in total. The Hall–Kier alpha value is -9.96. The standard InChI is InChI=1S/C73H47N3/c1-2-18-48(19-3-1)49-36-38-51(39-37-49)56-22-5-11-31-67(56)74(53-42-40-50(41-43-53)52-20-16-21-54(46-52)75-68-32-12-6-24-59(68)60-25-7-13-33-69(60)75)55-44-45-58-57-23-4-9-28-63(57)73(66(58)47-55)64-29-10-15-35-71(64)76-70-34-14-8-26-61(70)62-27-17-30-65(73)72(62)76/h1-47H. The van der Waals surface area contributed by atoms with Gasteiger partial charge >= 0.3 is 0 Å². The van der Waals surface area contributed by atoms with Crippen LogP contribution >= 0.6 is 0 Å². The third-order valence-corrected chi connectivity index (χ3v) is 16.5. The third kappa shape index (κ3) is 6.05. The van der Waals surface area contributed by atoms with Gasteiger partial charge in [-0.1, -0.05) is 218 Å². The van der Waals surface area contributed by atoms with E-state index in [9.17, 15) is 0 Å². The van der Waals surface area contributed by atoms with Crippen LogP contribution in [0.4, 0.5) is 17.1 Å². The number of nitrogens with zero attached hydrogens (tertiary/aromatic N) is 3. The quantitative estimate of drug-likeness (QED) is 0.155. The Morgan fingerprint density at radius 2 is 0.776 bits per heavy atom. The highest BCUT2D eigenvalue weighted by Crippen LogP contribution is 2.62. The van der Waals surface area contributed by atoms with Crippen molar-refractivity contribution in [3.05, 3.63) is 307 Å². The molecule has 12 aromatic carbocycles. The summed E-state index contributed by atoms with van der Waals surface area (Å²) in [6.45, 7) is 0. The number of hydrogen-bond donors (Lipinski definition) is 0. The van der Waals surface area contributed by atoms with Gasteiger partial charge in [-0.25, -0.2) is 0 Å². The fourth-order valence-corrected chi connectivity index (χ4v) is 13.3. The van der Waals surface area contributed by atoms with Crippen LogP contribution in [0.5, 0.6) is 0 Å². The van der Waals surface area contributed by atoms with E-state index < -0.39 is 5.41 Å². The second-order valence-corrected chi connectivity index (χ2v) is 20.4. The Kier molecular flexibility index (Phi) is 9.25. The molecule has 16 rings (SSSR count). The lowest BCUT2D eigenvalue weighted by molar-refractivity contribution is 0.748. The number of para-hydroxylation sites is 6. The molecule has 14 aromatic rings. The van der Waals surface area contributed by atoms with Gasteiger partial charge in [0.1, 0.15) is 0 Å². The topological polar surface area (TPSA) is 13.1 Å². The van der Waals surface area contributed by atoms with E-state index in [2.05, 4.69) is 299 Å². The summed E-state index contributed by atoms with van der Waals surface area (Å²) in [5.74, 6) is 0.